The van der Waals surface area contributed by atoms with Crippen molar-refractivity contribution in [2.75, 3.05) is 19.4 Å². The van der Waals surface area contributed by atoms with Crippen LogP contribution in [-0.4, -0.2) is 38.2 Å². The standard InChI is InChI=1S/C19H23N5O3S/c1-5-15(16-10-9-12(2)27-16)21-18-17(22-28(26)23-18)20-14-8-6-7-13(11-14)19(25)24(3)4/h6-11,15H,5H2,1-4H3,(H,20,22)(H,21,23)/t15-,28?/m1/s1. The number of aromatic nitrogens is 2. The minimum absolute atomic E-state index is 0.105. The largest absolute Gasteiger partial charge is 0.548 e. The van der Waals surface area contributed by atoms with Crippen molar-refractivity contribution in [1.82, 2.24) is 13.6 Å². The maximum Gasteiger partial charge on any atom is 0.253 e. The Morgan fingerprint density at radius 3 is 2.82 bits per heavy atom. The van der Waals surface area contributed by atoms with E-state index in [1.807, 2.05) is 26.0 Å². The van der Waals surface area contributed by atoms with Gasteiger partial charge in [-0.05, 0) is 43.7 Å². The van der Waals surface area contributed by atoms with Crippen LogP contribution in [0.3, 0.4) is 0 Å². The first-order valence-corrected chi connectivity index (χ1v) is 9.98. The number of carbonyl (C=O) groups is 1. The van der Waals surface area contributed by atoms with E-state index < -0.39 is 11.1 Å². The van der Waals surface area contributed by atoms with Crippen LogP contribution in [-0.2, 0) is 0 Å². The first kappa shape index (κ1) is 19.8. The van der Waals surface area contributed by atoms with Gasteiger partial charge in [0.1, 0.15) is 17.6 Å². The normalized spacial score (nSPS) is 13.5. The molecule has 1 aromatic carbocycles. The van der Waals surface area contributed by atoms with Crippen LogP contribution in [0.5, 0.6) is 0 Å². The molecule has 3 rings (SSSR count). The summed E-state index contributed by atoms with van der Waals surface area (Å²) in [6.07, 6.45) is 0.713. The number of amides is 1. The molecule has 2 aromatic heterocycles. The lowest BCUT2D eigenvalue weighted by Crippen LogP contribution is -2.21. The minimum Gasteiger partial charge on any atom is -0.548 e. The van der Waals surface area contributed by atoms with Crippen molar-refractivity contribution in [2.45, 2.75) is 26.3 Å². The van der Waals surface area contributed by atoms with Gasteiger partial charge >= 0.3 is 0 Å². The molecule has 0 spiro atoms. The van der Waals surface area contributed by atoms with Gasteiger partial charge in [-0.2, -0.15) is 0 Å². The van der Waals surface area contributed by atoms with E-state index in [1.165, 1.54) is 4.90 Å². The Kier molecular flexibility index (Phi) is 5.96. The molecule has 8 nitrogen and oxygen atoms in total. The predicted molar refractivity (Wildman–Crippen MR) is 107 cm³/mol. The fraction of sp³-hybridized carbons (Fsp3) is 0.316. The molecule has 0 radical (unpaired) electrons. The lowest BCUT2D eigenvalue weighted by atomic mass is 10.2. The molecule has 0 aliphatic heterocycles. The lowest BCUT2D eigenvalue weighted by Gasteiger charge is -2.11. The molecule has 0 saturated carbocycles. The fourth-order valence-corrected chi connectivity index (χ4v) is 3.38. The van der Waals surface area contributed by atoms with Gasteiger partial charge in [0, 0.05) is 29.7 Å². The van der Waals surface area contributed by atoms with Crippen LogP contribution in [0.2, 0.25) is 0 Å². The quantitative estimate of drug-likeness (QED) is 0.614. The van der Waals surface area contributed by atoms with E-state index in [2.05, 4.69) is 19.1 Å². The molecular formula is C19H23N5O3S. The first-order valence-electron chi connectivity index (χ1n) is 8.88. The second-order valence-electron chi connectivity index (χ2n) is 6.55. The van der Waals surface area contributed by atoms with E-state index >= 15 is 0 Å². The maximum absolute atomic E-state index is 12.2. The fourth-order valence-electron chi connectivity index (χ4n) is 2.72. The van der Waals surface area contributed by atoms with Crippen LogP contribution in [0.1, 0.15) is 41.3 Å². The second kappa shape index (κ2) is 8.41. The van der Waals surface area contributed by atoms with E-state index in [0.29, 0.717) is 29.0 Å². The summed E-state index contributed by atoms with van der Waals surface area (Å²) in [5.41, 5.74) is 1.59. The van der Waals surface area contributed by atoms with Crippen molar-refractivity contribution in [3.63, 3.8) is 0 Å². The first-order chi connectivity index (χ1) is 13.4. The molecule has 2 atom stereocenters. The predicted octanol–water partition coefficient (Wildman–Crippen LogP) is 3.54. The van der Waals surface area contributed by atoms with Crippen LogP contribution in [0.15, 0.2) is 45.8 Å². The highest BCUT2D eigenvalue weighted by Gasteiger charge is 2.16. The highest BCUT2D eigenvalue weighted by atomic mass is 32.2. The molecule has 3 aromatic rings. The highest BCUT2D eigenvalue weighted by molar-refractivity contribution is 7.13. The van der Waals surface area contributed by atoms with Gasteiger partial charge in [-0.1, -0.05) is 13.0 Å². The number of nitrogens with zero attached hydrogens (tertiary/aromatic N) is 3. The van der Waals surface area contributed by atoms with Gasteiger partial charge in [-0.15, -0.1) is 4.37 Å². The number of hydrogen-bond acceptors (Lipinski definition) is 6. The van der Waals surface area contributed by atoms with E-state index in [9.17, 15) is 9.35 Å². The zero-order chi connectivity index (χ0) is 20.3. The number of rotatable bonds is 6. The molecule has 2 N–H and O–H groups in total. The van der Waals surface area contributed by atoms with Crippen LogP contribution < -0.4 is 10.8 Å². The Morgan fingerprint density at radius 2 is 2.18 bits per heavy atom. The van der Waals surface area contributed by atoms with E-state index in [1.54, 1.807) is 38.4 Å². The molecule has 0 aliphatic rings. The Labute approximate surface area is 166 Å². The maximum atomic E-state index is 12.2. The zero-order valence-corrected chi connectivity index (χ0v) is 17.0. The SMILES string of the molecule is CC[C@@H](N=c1[nH][s+]([O-])nc1Nc1cccc(C(=O)N(C)C)c1)c1ccc(C)o1. The third kappa shape index (κ3) is 4.49. The van der Waals surface area contributed by atoms with Gasteiger partial charge in [0.05, 0.1) is 0 Å². The average Bonchev–Trinajstić information content (AvgIpc) is 3.24. The summed E-state index contributed by atoms with van der Waals surface area (Å²) in [6.45, 7) is 3.88. The van der Waals surface area contributed by atoms with Crippen LogP contribution in [0, 0.1) is 6.92 Å². The van der Waals surface area contributed by atoms with Crippen molar-refractivity contribution >= 4 is 28.6 Å². The van der Waals surface area contributed by atoms with Gasteiger partial charge in [0.25, 0.3) is 5.91 Å². The van der Waals surface area contributed by atoms with Gasteiger partial charge in [0.2, 0.25) is 11.3 Å². The van der Waals surface area contributed by atoms with Crippen LogP contribution >= 0.6 is 11.1 Å². The molecule has 148 valence electrons. The van der Waals surface area contributed by atoms with Crippen molar-refractivity contribution < 1.29 is 13.8 Å². The number of furan rings is 1. The molecule has 1 unspecified atom stereocenters. The molecule has 0 saturated heterocycles. The summed E-state index contributed by atoms with van der Waals surface area (Å²) >= 11 is -1.61. The lowest BCUT2D eigenvalue weighted by molar-refractivity contribution is 0.0827. The number of carbonyl (C=O) groups excluding carboxylic acids is 1. The number of anilines is 2. The third-order valence-corrected chi connectivity index (χ3v) is 4.84. The van der Waals surface area contributed by atoms with Crippen molar-refractivity contribution in [3.8, 4) is 0 Å². The van der Waals surface area contributed by atoms with Gasteiger partial charge in [-0.25, -0.2) is 4.99 Å². The number of nitrogens with one attached hydrogen (secondary N) is 2. The Balaban J connectivity index is 1.92. The molecule has 2 heterocycles. The average molecular weight is 401 g/mol. The molecule has 1 amide bonds. The summed E-state index contributed by atoms with van der Waals surface area (Å²) < 4.78 is 24.4. The molecule has 0 bridgehead atoms. The Hall–Kier alpha value is -2.91. The third-order valence-electron chi connectivity index (χ3n) is 4.12. The monoisotopic (exact) mass is 401 g/mol. The summed E-state index contributed by atoms with van der Waals surface area (Å²) in [6, 6.07) is 10.6. The topological polar surface area (TPSA) is 110 Å². The molecule has 0 aliphatic carbocycles. The van der Waals surface area contributed by atoms with Crippen LogP contribution in [0.4, 0.5) is 11.5 Å². The van der Waals surface area contributed by atoms with Crippen molar-refractivity contribution in [1.29, 1.82) is 0 Å². The summed E-state index contributed by atoms with van der Waals surface area (Å²) in [5, 5.41) is 3.10. The van der Waals surface area contributed by atoms with Crippen LogP contribution in [0.25, 0.3) is 0 Å². The smallest absolute Gasteiger partial charge is 0.253 e. The number of aryl methyl sites for hydroxylation is 1. The molecular weight excluding hydrogens is 378 g/mol. The van der Waals surface area contributed by atoms with E-state index in [0.717, 1.165) is 11.5 Å². The minimum atomic E-state index is -1.61. The second-order valence-corrected chi connectivity index (χ2v) is 7.43. The van der Waals surface area contributed by atoms with E-state index in [-0.39, 0.29) is 11.9 Å². The van der Waals surface area contributed by atoms with Gasteiger partial charge in [0.15, 0.2) is 11.1 Å². The Bertz CT molecular complexity index is 1030. The number of aromatic amines is 1. The molecule has 28 heavy (non-hydrogen) atoms. The summed E-state index contributed by atoms with van der Waals surface area (Å²) in [4.78, 5) is 18.3. The molecule has 9 heteroatoms. The summed E-state index contributed by atoms with van der Waals surface area (Å²) in [5.74, 6) is 1.80. The Morgan fingerprint density at radius 1 is 1.39 bits per heavy atom. The van der Waals surface area contributed by atoms with Crippen molar-refractivity contribution in [2.24, 2.45) is 4.99 Å². The number of H-pyrrole nitrogens is 1. The van der Waals surface area contributed by atoms with E-state index in [4.69, 9.17) is 4.42 Å². The molecule has 0 fully saturated rings. The van der Waals surface area contributed by atoms with Crippen molar-refractivity contribution in [3.05, 3.63) is 59.0 Å². The number of benzene rings is 1. The highest BCUT2D eigenvalue weighted by Crippen LogP contribution is 2.23. The van der Waals surface area contributed by atoms with Gasteiger partial charge < -0.3 is 19.2 Å². The number of hydrogen-bond donors (Lipinski definition) is 2. The summed E-state index contributed by atoms with van der Waals surface area (Å²) in [7, 11) is 3.39. The zero-order valence-electron chi connectivity index (χ0n) is 16.2. The van der Waals surface area contributed by atoms with Gasteiger partial charge in [-0.3, -0.25) is 4.79 Å².